The molecule has 0 saturated carbocycles. The van der Waals surface area contributed by atoms with E-state index in [2.05, 4.69) is 15.8 Å². The van der Waals surface area contributed by atoms with Crippen LogP contribution in [-0.2, 0) is 0 Å². The Morgan fingerprint density at radius 2 is 1.78 bits per heavy atom. The highest BCUT2D eigenvalue weighted by Crippen LogP contribution is 2.22. The van der Waals surface area contributed by atoms with Gasteiger partial charge < -0.3 is 15.2 Å². The van der Waals surface area contributed by atoms with Gasteiger partial charge in [-0.25, -0.2) is 0 Å². The molecule has 0 bridgehead atoms. The molecule has 6 heteroatoms. The monoisotopic (exact) mass is 329 g/mol. The van der Waals surface area contributed by atoms with E-state index in [1.165, 1.54) is 0 Å². The van der Waals surface area contributed by atoms with Gasteiger partial charge in [-0.15, -0.1) is 0 Å². The lowest BCUT2D eigenvalue weighted by Gasteiger charge is -2.08. The summed E-state index contributed by atoms with van der Waals surface area (Å²) >= 11 is 5.18. The van der Waals surface area contributed by atoms with Crippen molar-refractivity contribution in [1.29, 1.82) is 0 Å². The summed E-state index contributed by atoms with van der Waals surface area (Å²) in [6.07, 6.45) is 1.65. The van der Waals surface area contributed by atoms with Crippen LogP contribution in [-0.4, -0.2) is 23.5 Å². The van der Waals surface area contributed by atoms with Crippen molar-refractivity contribution >= 4 is 29.2 Å². The average molecular weight is 329 g/mol. The number of aryl methyl sites for hydroxylation is 2. The number of rotatable bonds is 4. The van der Waals surface area contributed by atoms with Gasteiger partial charge in [0, 0.05) is 5.69 Å². The van der Waals surface area contributed by atoms with Crippen LogP contribution >= 0.6 is 12.2 Å². The number of hydrogen-bond acceptors (Lipinski definition) is 4. The highest BCUT2D eigenvalue weighted by molar-refractivity contribution is 7.80. The third kappa shape index (κ3) is 4.69. The highest BCUT2D eigenvalue weighted by atomic mass is 32.1. The number of methoxy groups -OCH3 is 1. The quantitative estimate of drug-likeness (QED) is 0.456. The minimum Gasteiger partial charge on any atom is -0.507 e. The molecule has 2 aromatic carbocycles. The molecule has 5 nitrogen and oxygen atoms in total. The number of nitrogens with one attached hydrogen (secondary N) is 2. The zero-order valence-electron chi connectivity index (χ0n) is 13.3. The van der Waals surface area contributed by atoms with Crippen LogP contribution in [0.25, 0.3) is 0 Å². The van der Waals surface area contributed by atoms with Gasteiger partial charge in [-0.1, -0.05) is 0 Å². The van der Waals surface area contributed by atoms with Gasteiger partial charge in [0.2, 0.25) is 0 Å². The summed E-state index contributed by atoms with van der Waals surface area (Å²) < 4.78 is 5.10. The molecule has 2 aromatic rings. The molecule has 23 heavy (non-hydrogen) atoms. The predicted octanol–water partition coefficient (Wildman–Crippen LogP) is 3.34. The van der Waals surface area contributed by atoms with E-state index in [0.717, 1.165) is 28.1 Å². The third-order valence-corrected chi connectivity index (χ3v) is 3.43. The van der Waals surface area contributed by atoms with Crippen molar-refractivity contribution in [3.8, 4) is 11.5 Å². The average Bonchev–Trinajstić information content (AvgIpc) is 2.53. The maximum absolute atomic E-state index is 9.75. The van der Waals surface area contributed by atoms with E-state index in [1.54, 1.807) is 13.3 Å². The summed E-state index contributed by atoms with van der Waals surface area (Å²) in [4.78, 5) is 0. The fraction of sp³-hybridized carbons (Fsp3) is 0.176. The predicted molar refractivity (Wildman–Crippen MR) is 97.5 cm³/mol. The first-order chi connectivity index (χ1) is 11.0. The number of hydrazone groups is 1. The Labute approximate surface area is 141 Å². The molecule has 0 heterocycles. The second-order valence-electron chi connectivity index (χ2n) is 5.06. The lowest BCUT2D eigenvalue weighted by atomic mass is 10.1. The van der Waals surface area contributed by atoms with E-state index in [1.807, 2.05) is 50.2 Å². The van der Waals surface area contributed by atoms with Crippen molar-refractivity contribution in [2.45, 2.75) is 13.8 Å². The molecule has 0 aromatic heterocycles. The lowest BCUT2D eigenvalue weighted by Crippen LogP contribution is -2.23. The second-order valence-corrected chi connectivity index (χ2v) is 5.46. The second kappa shape index (κ2) is 7.60. The lowest BCUT2D eigenvalue weighted by molar-refractivity contribution is 0.415. The van der Waals surface area contributed by atoms with Crippen molar-refractivity contribution in [2.75, 3.05) is 12.4 Å². The van der Waals surface area contributed by atoms with Crippen LogP contribution < -0.4 is 15.5 Å². The van der Waals surface area contributed by atoms with Crippen molar-refractivity contribution in [1.82, 2.24) is 5.43 Å². The molecule has 0 radical (unpaired) electrons. The molecule has 0 unspecified atom stereocenters. The Kier molecular flexibility index (Phi) is 5.54. The maximum Gasteiger partial charge on any atom is 0.191 e. The summed E-state index contributed by atoms with van der Waals surface area (Å²) in [7, 11) is 1.62. The van der Waals surface area contributed by atoms with E-state index in [-0.39, 0.29) is 0 Å². The molecule has 0 saturated heterocycles. The summed E-state index contributed by atoms with van der Waals surface area (Å²) in [6.45, 7) is 3.70. The van der Waals surface area contributed by atoms with Crippen molar-refractivity contribution in [2.24, 2.45) is 5.10 Å². The number of anilines is 1. The number of phenolic OH excluding ortho intramolecular Hbond substituents is 1. The van der Waals surface area contributed by atoms with Gasteiger partial charge in [0.05, 0.1) is 13.3 Å². The molecule has 2 rings (SSSR count). The van der Waals surface area contributed by atoms with Crippen LogP contribution in [0, 0.1) is 13.8 Å². The van der Waals surface area contributed by atoms with E-state index in [4.69, 9.17) is 17.0 Å². The third-order valence-electron chi connectivity index (χ3n) is 3.24. The molecule has 0 amide bonds. The van der Waals surface area contributed by atoms with Crippen LogP contribution in [0.15, 0.2) is 41.5 Å². The van der Waals surface area contributed by atoms with Crippen LogP contribution in [0.3, 0.4) is 0 Å². The van der Waals surface area contributed by atoms with Gasteiger partial charge in [0.1, 0.15) is 11.5 Å². The number of hydrogen-bond donors (Lipinski definition) is 3. The van der Waals surface area contributed by atoms with E-state index in [9.17, 15) is 5.11 Å². The summed E-state index contributed by atoms with van der Waals surface area (Å²) in [6, 6.07) is 11.1. The smallest absolute Gasteiger partial charge is 0.191 e. The Balaban J connectivity index is 1.93. The van der Waals surface area contributed by atoms with Gasteiger partial charge in [-0.2, -0.15) is 5.10 Å². The van der Waals surface area contributed by atoms with Gasteiger partial charge in [-0.05, 0) is 79.2 Å². The number of phenols is 1. The first kappa shape index (κ1) is 16.8. The minimum atomic E-state index is 0.312. The molecule has 0 aliphatic rings. The molecule has 0 spiro atoms. The zero-order valence-corrected chi connectivity index (χ0v) is 14.1. The fourth-order valence-electron chi connectivity index (χ4n) is 2.06. The Morgan fingerprint density at radius 1 is 1.17 bits per heavy atom. The summed E-state index contributed by atoms with van der Waals surface area (Å²) in [5.74, 6) is 1.09. The summed E-state index contributed by atoms with van der Waals surface area (Å²) in [5, 5.41) is 17.3. The Hall–Kier alpha value is -2.60. The molecule has 0 atom stereocenters. The topological polar surface area (TPSA) is 65.9 Å². The Bertz CT molecular complexity index is 704. The molecule has 0 aliphatic carbocycles. The van der Waals surface area contributed by atoms with Crippen molar-refractivity contribution in [3.63, 3.8) is 0 Å². The first-order valence-electron chi connectivity index (χ1n) is 7.04. The highest BCUT2D eigenvalue weighted by Gasteiger charge is 2.02. The number of nitrogens with zero attached hydrogens (tertiary/aromatic N) is 1. The summed E-state index contributed by atoms with van der Waals surface area (Å²) in [5.41, 5.74) is 6.11. The van der Waals surface area contributed by atoms with Crippen LogP contribution in [0.1, 0.15) is 16.7 Å². The maximum atomic E-state index is 9.75. The molecule has 0 fully saturated rings. The fourth-order valence-corrected chi connectivity index (χ4v) is 2.23. The Morgan fingerprint density at radius 3 is 2.35 bits per heavy atom. The van der Waals surface area contributed by atoms with E-state index < -0.39 is 0 Å². The molecular formula is C17H19N3O2S. The largest absolute Gasteiger partial charge is 0.507 e. The van der Waals surface area contributed by atoms with Crippen LogP contribution in [0.2, 0.25) is 0 Å². The number of thiocarbonyl (C=S) groups is 1. The normalized spacial score (nSPS) is 10.6. The zero-order chi connectivity index (χ0) is 16.8. The van der Waals surface area contributed by atoms with Gasteiger partial charge >= 0.3 is 0 Å². The molecule has 120 valence electrons. The van der Waals surface area contributed by atoms with E-state index in [0.29, 0.717) is 10.9 Å². The van der Waals surface area contributed by atoms with Crippen molar-refractivity contribution in [3.05, 3.63) is 53.1 Å². The minimum absolute atomic E-state index is 0.312. The van der Waals surface area contributed by atoms with Crippen LogP contribution in [0.4, 0.5) is 5.69 Å². The van der Waals surface area contributed by atoms with Gasteiger partial charge in [-0.3, -0.25) is 5.43 Å². The molecule has 3 N–H and O–H groups in total. The molecule has 0 aliphatic heterocycles. The van der Waals surface area contributed by atoms with Gasteiger partial charge in [0.15, 0.2) is 5.11 Å². The number of benzene rings is 2. The van der Waals surface area contributed by atoms with Crippen LogP contribution in [0.5, 0.6) is 11.5 Å². The van der Waals surface area contributed by atoms with E-state index >= 15 is 0 Å². The number of aromatic hydroxyl groups is 1. The molecular weight excluding hydrogens is 310 g/mol. The number of ether oxygens (including phenoxy) is 1. The van der Waals surface area contributed by atoms with Gasteiger partial charge in [0.25, 0.3) is 0 Å². The first-order valence-corrected chi connectivity index (χ1v) is 7.44. The SMILES string of the molecule is COc1ccc(NC(=S)N/N=C/c2cc(C)c(O)c(C)c2)cc1. The standard InChI is InChI=1S/C17H19N3O2S/c1-11-8-13(9-12(2)16(11)21)10-18-20-17(23)19-14-4-6-15(22-3)7-5-14/h4-10,21H,1-3H3,(H2,19,20,23)/b18-10+. The van der Waals surface area contributed by atoms with Crippen molar-refractivity contribution < 1.29 is 9.84 Å².